The Morgan fingerprint density at radius 3 is 2.44 bits per heavy atom. The van der Waals surface area contributed by atoms with E-state index in [1.54, 1.807) is 30.0 Å². The minimum Gasteiger partial charge on any atom is -0.466 e. The van der Waals surface area contributed by atoms with Crippen molar-refractivity contribution in [1.29, 1.82) is 0 Å². The molecule has 3 N–H and O–H groups in total. The fraction of sp³-hybridized carbons (Fsp3) is 0.368. The van der Waals surface area contributed by atoms with E-state index < -0.39 is 0 Å². The zero-order valence-electron chi connectivity index (χ0n) is 14.5. The third kappa shape index (κ3) is 3.68. The number of para-hydroxylation sites is 1. The van der Waals surface area contributed by atoms with Crippen molar-refractivity contribution in [2.45, 2.75) is 32.7 Å². The van der Waals surface area contributed by atoms with Crippen LogP contribution in [0.1, 0.15) is 45.1 Å². The molecule has 6 heteroatoms. The van der Waals surface area contributed by atoms with Crippen molar-refractivity contribution in [2.24, 2.45) is 0 Å². The van der Waals surface area contributed by atoms with E-state index in [1.807, 2.05) is 19.1 Å². The number of carbonyl (C=O) groups excluding carboxylic acids is 2. The molecule has 1 saturated heterocycles. The van der Waals surface area contributed by atoms with Crippen molar-refractivity contribution in [3.63, 3.8) is 0 Å². The molecule has 0 atom stereocenters. The highest BCUT2D eigenvalue weighted by Crippen LogP contribution is 2.19. The van der Waals surface area contributed by atoms with E-state index in [9.17, 15) is 9.59 Å². The molecule has 25 heavy (non-hydrogen) atoms. The van der Waals surface area contributed by atoms with E-state index >= 15 is 0 Å². The molecule has 6 nitrogen and oxygen atoms in total. The summed E-state index contributed by atoms with van der Waals surface area (Å²) in [7, 11) is 0. The van der Waals surface area contributed by atoms with E-state index in [0.717, 1.165) is 18.6 Å². The van der Waals surface area contributed by atoms with Gasteiger partial charge in [0.05, 0.1) is 11.1 Å². The second-order valence-corrected chi connectivity index (χ2v) is 6.45. The first kappa shape index (κ1) is 17.1. The van der Waals surface area contributed by atoms with Crippen LogP contribution in [-0.4, -0.2) is 35.8 Å². The monoisotopic (exact) mass is 341 g/mol. The third-order valence-corrected chi connectivity index (χ3v) is 4.59. The largest absolute Gasteiger partial charge is 0.466 e. The molecule has 0 radical (unpaired) electrons. The zero-order valence-corrected chi connectivity index (χ0v) is 14.5. The van der Waals surface area contributed by atoms with Crippen molar-refractivity contribution in [3.8, 4) is 0 Å². The number of nitrogens with one attached hydrogen (secondary N) is 1. The molecule has 2 aromatic rings. The smallest absolute Gasteiger partial charge is 0.255 e. The van der Waals surface area contributed by atoms with Gasteiger partial charge in [0.1, 0.15) is 11.5 Å². The SMILES string of the molecule is Cc1cc(C(=O)NC2CCN(C(=O)c3ccccc3N)CC2)c(C)o1. The highest BCUT2D eigenvalue weighted by atomic mass is 16.3. The van der Waals surface area contributed by atoms with Crippen LogP contribution in [0.15, 0.2) is 34.7 Å². The number of nitrogen functional groups attached to an aromatic ring is 1. The van der Waals surface area contributed by atoms with Crippen molar-refractivity contribution in [1.82, 2.24) is 10.2 Å². The Morgan fingerprint density at radius 2 is 1.84 bits per heavy atom. The fourth-order valence-corrected chi connectivity index (χ4v) is 3.21. The third-order valence-electron chi connectivity index (χ3n) is 4.59. The molecule has 3 rings (SSSR count). The molecule has 2 heterocycles. The topological polar surface area (TPSA) is 88.6 Å². The Hall–Kier alpha value is -2.76. The first-order valence-electron chi connectivity index (χ1n) is 8.47. The first-order chi connectivity index (χ1) is 12.0. The van der Waals surface area contributed by atoms with Gasteiger partial charge < -0.3 is 20.4 Å². The van der Waals surface area contributed by atoms with Gasteiger partial charge in [-0.2, -0.15) is 0 Å². The number of amides is 2. The molecule has 1 aromatic heterocycles. The fourth-order valence-electron chi connectivity index (χ4n) is 3.21. The van der Waals surface area contributed by atoms with Crippen molar-refractivity contribution < 1.29 is 14.0 Å². The number of benzene rings is 1. The van der Waals surface area contributed by atoms with Gasteiger partial charge in [-0.1, -0.05) is 12.1 Å². The Balaban J connectivity index is 1.57. The number of piperidine rings is 1. The van der Waals surface area contributed by atoms with E-state index in [1.165, 1.54) is 0 Å². The van der Waals surface area contributed by atoms with Crippen LogP contribution in [0.2, 0.25) is 0 Å². The Labute approximate surface area is 147 Å². The number of carbonyl (C=O) groups is 2. The number of hydrogen-bond donors (Lipinski definition) is 2. The lowest BCUT2D eigenvalue weighted by Gasteiger charge is -2.32. The van der Waals surface area contributed by atoms with Crippen molar-refractivity contribution in [3.05, 3.63) is 53.0 Å². The summed E-state index contributed by atoms with van der Waals surface area (Å²) in [6.07, 6.45) is 1.44. The number of nitrogens with two attached hydrogens (primary N) is 1. The van der Waals surface area contributed by atoms with Gasteiger partial charge in [-0.25, -0.2) is 0 Å². The van der Waals surface area contributed by atoms with E-state index in [0.29, 0.717) is 35.7 Å². The average Bonchev–Trinajstić information content (AvgIpc) is 2.94. The summed E-state index contributed by atoms with van der Waals surface area (Å²) in [6.45, 7) is 4.81. The summed E-state index contributed by atoms with van der Waals surface area (Å²) >= 11 is 0. The molecule has 1 aliphatic heterocycles. The minimum absolute atomic E-state index is 0.0517. The molecule has 1 aliphatic rings. The molecular formula is C19H23N3O3. The Bertz CT molecular complexity index is 789. The van der Waals surface area contributed by atoms with Gasteiger partial charge in [-0.3, -0.25) is 9.59 Å². The van der Waals surface area contributed by atoms with Gasteiger partial charge in [-0.15, -0.1) is 0 Å². The molecule has 0 aliphatic carbocycles. The van der Waals surface area contributed by atoms with Gasteiger partial charge in [0, 0.05) is 24.8 Å². The van der Waals surface area contributed by atoms with Gasteiger partial charge in [0.25, 0.3) is 11.8 Å². The number of nitrogens with zero attached hydrogens (tertiary/aromatic N) is 1. The Morgan fingerprint density at radius 1 is 1.16 bits per heavy atom. The van der Waals surface area contributed by atoms with Gasteiger partial charge >= 0.3 is 0 Å². The molecule has 1 aromatic carbocycles. The summed E-state index contributed by atoms with van der Waals surface area (Å²) in [5, 5.41) is 3.04. The van der Waals surface area contributed by atoms with E-state index in [-0.39, 0.29) is 17.9 Å². The summed E-state index contributed by atoms with van der Waals surface area (Å²) in [5.41, 5.74) is 7.50. The molecule has 0 spiro atoms. The van der Waals surface area contributed by atoms with Gasteiger partial charge in [-0.05, 0) is 44.9 Å². The van der Waals surface area contributed by atoms with Crippen LogP contribution in [0.5, 0.6) is 0 Å². The predicted molar refractivity (Wildman–Crippen MR) is 95.4 cm³/mol. The Kier molecular flexibility index (Phi) is 4.79. The maximum Gasteiger partial charge on any atom is 0.255 e. The normalized spacial score (nSPS) is 15.2. The van der Waals surface area contributed by atoms with Gasteiger partial charge in [0.2, 0.25) is 0 Å². The maximum absolute atomic E-state index is 12.6. The van der Waals surface area contributed by atoms with E-state index in [4.69, 9.17) is 10.2 Å². The van der Waals surface area contributed by atoms with Crippen molar-refractivity contribution >= 4 is 17.5 Å². The number of rotatable bonds is 3. The van der Waals surface area contributed by atoms with Crippen molar-refractivity contribution in [2.75, 3.05) is 18.8 Å². The lowest BCUT2D eigenvalue weighted by Crippen LogP contribution is -2.46. The molecule has 1 fully saturated rings. The van der Waals surface area contributed by atoms with Crippen LogP contribution in [0.4, 0.5) is 5.69 Å². The highest BCUT2D eigenvalue weighted by molar-refractivity contribution is 5.99. The quantitative estimate of drug-likeness (QED) is 0.840. The van der Waals surface area contributed by atoms with E-state index in [2.05, 4.69) is 5.32 Å². The second kappa shape index (κ2) is 7.01. The lowest BCUT2D eigenvalue weighted by atomic mass is 10.0. The first-order valence-corrected chi connectivity index (χ1v) is 8.47. The lowest BCUT2D eigenvalue weighted by molar-refractivity contribution is 0.0699. The number of hydrogen-bond acceptors (Lipinski definition) is 4. The average molecular weight is 341 g/mol. The standard InChI is InChI=1S/C19H23N3O3/c1-12-11-16(13(2)25-12)18(23)21-14-7-9-22(10-8-14)19(24)15-5-3-4-6-17(15)20/h3-6,11,14H,7-10,20H2,1-2H3,(H,21,23). The highest BCUT2D eigenvalue weighted by Gasteiger charge is 2.26. The molecule has 2 amide bonds. The summed E-state index contributed by atoms with van der Waals surface area (Å²) in [5.74, 6) is 1.18. The van der Waals surface area contributed by atoms with Gasteiger partial charge in [0.15, 0.2) is 0 Å². The molecule has 132 valence electrons. The molecule has 0 bridgehead atoms. The number of furan rings is 1. The molecule has 0 saturated carbocycles. The number of anilines is 1. The zero-order chi connectivity index (χ0) is 18.0. The van der Waals surface area contributed by atoms with Crippen LogP contribution in [0.25, 0.3) is 0 Å². The van der Waals surface area contributed by atoms with Crippen LogP contribution in [0.3, 0.4) is 0 Å². The van der Waals surface area contributed by atoms with Crippen LogP contribution >= 0.6 is 0 Å². The predicted octanol–water partition coefficient (Wildman–Crippen LogP) is 2.51. The number of likely N-dealkylation sites (tertiary alicyclic amines) is 1. The maximum atomic E-state index is 12.6. The molecule has 0 unspecified atom stereocenters. The molecular weight excluding hydrogens is 318 g/mol. The van der Waals surface area contributed by atoms with Crippen LogP contribution in [-0.2, 0) is 0 Å². The minimum atomic E-state index is -0.119. The van der Waals surface area contributed by atoms with Crippen LogP contribution < -0.4 is 11.1 Å². The number of aryl methyl sites for hydroxylation is 2. The van der Waals surface area contributed by atoms with Crippen LogP contribution in [0, 0.1) is 13.8 Å². The summed E-state index contributed by atoms with van der Waals surface area (Å²) < 4.78 is 5.41. The summed E-state index contributed by atoms with van der Waals surface area (Å²) in [4.78, 5) is 26.7. The summed E-state index contributed by atoms with van der Waals surface area (Å²) in [6, 6.07) is 8.91. The second-order valence-electron chi connectivity index (χ2n) is 6.45.